The summed E-state index contributed by atoms with van der Waals surface area (Å²) in [6.45, 7) is 2.76. The molecule has 1 aromatic carbocycles. The molecule has 6 heteroatoms. The molecule has 1 heterocycles. The molecule has 2 amide bonds. The molecule has 1 saturated heterocycles. The summed E-state index contributed by atoms with van der Waals surface area (Å²) in [5.41, 5.74) is 0.843. The van der Waals surface area contributed by atoms with Gasteiger partial charge in [0, 0.05) is 5.69 Å². The van der Waals surface area contributed by atoms with Crippen LogP contribution in [0.4, 0.5) is 10.5 Å². The van der Waals surface area contributed by atoms with E-state index in [9.17, 15) is 9.59 Å². The molecule has 0 unspecified atom stereocenters. The minimum absolute atomic E-state index is 0.150. The second-order valence-corrected chi connectivity index (χ2v) is 4.60. The van der Waals surface area contributed by atoms with Gasteiger partial charge in [0.15, 0.2) is 0 Å². The zero-order valence-electron chi connectivity index (χ0n) is 10.0. The molecule has 1 aromatic rings. The van der Waals surface area contributed by atoms with E-state index in [2.05, 4.69) is 5.32 Å². The largest absolute Gasteiger partial charge is 0.494 e. The number of carbonyl (C=O) groups excluding carboxylic acids is 2. The van der Waals surface area contributed by atoms with Crippen LogP contribution in [-0.4, -0.2) is 35.1 Å². The van der Waals surface area contributed by atoms with Crippen molar-refractivity contribution in [2.75, 3.05) is 24.3 Å². The number of imide groups is 1. The summed E-state index contributed by atoms with van der Waals surface area (Å²) in [5, 5.41) is 2.84. The Labute approximate surface area is 109 Å². The maximum absolute atomic E-state index is 11.4. The van der Waals surface area contributed by atoms with Crippen molar-refractivity contribution in [3.05, 3.63) is 24.3 Å². The number of anilines is 1. The number of nitrogens with one attached hydrogen (secondary N) is 1. The van der Waals surface area contributed by atoms with Crippen molar-refractivity contribution in [3.8, 4) is 5.75 Å². The average Bonchev–Trinajstić information content (AvgIpc) is 2.69. The predicted molar refractivity (Wildman–Crippen MR) is 70.8 cm³/mol. The van der Waals surface area contributed by atoms with Gasteiger partial charge in [-0.15, -0.1) is 0 Å². The second kappa shape index (κ2) is 5.77. The number of benzene rings is 1. The van der Waals surface area contributed by atoms with E-state index in [4.69, 9.17) is 4.74 Å². The van der Waals surface area contributed by atoms with Crippen molar-refractivity contribution in [1.82, 2.24) is 4.90 Å². The summed E-state index contributed by atoms with van der Waals surface area (Å²) in [5.74, 6) is 0.888. The minimum Gasteiger partial charge on any atom is -0.494 e. The quantitative estimate of drug-likeness (QED) is 0.885. The molecule has 18 heavy (non-hydrogen) atoms. The van der Waals surface area contributed by atoms with E-state index in [1.54, 1.807) is 0 Å². The first-order valence-electron chi connectivity index (χ1n) is 5.64. The standard InChI is InChI=1S/C12H14N2O3S/c1-2-17-10-5-3-9(4-6-10)13-8-14-11(15)7-18-12(14)16/h3-6,13H,2,7-8H2,1H3. The van der Waals surface area contributed by atoms with E-state index in [1.807, 2.05) is 31.2 Å². The zero-order valence-corrected chi connectivity index (χ0v) is 10.8. The van der Waals surface area contributed by atoms with Crippen molar-refractivity contribution in [3.63, 3.8) is 0 Å². The van der Waals surface area contributed by atoms with Gasteiger partial charge >= 0.3 is 0 Å². The first kappa shape index (κ1) is 12.8. The minimum atomic E-state index is -0.196. The molecular weight excluding hydrogens is 252 g/mol. The van der Waals surface area contributed by atoms with Crippen LogP contribution in [0.15, 0.2) is 24.3 Å². The summed E-state index contributed by atoms with van der Waals surface area (Å²) in [7, 11) is 0. The zero-order chi connectivity index (χ0) is 13.0. The summed E-state index contributed by atoms with van der Waals surface area (Å²) >= 11 is 1.04. The Morgan fingerprint density at radius 2 is 2.06 bits per heavy atom. The topological polar surface area (TPSA) is 58.6 Å². The molecule has 1 aliphatic heterocycles. The number of ether oxygens (including phenoxy) is 1. The van der Waals surface area contributed by atoms with Gasteiger partial charge < -0.3 is 10.1 Å². The van der Waals surface area contributed by atoms with E-state index in [1.165, 1.54) is 4.90 Å². The molecule has 0 aliphatic carbocycles. The fraction of sp³-hybridized carbons (Fsp3) is 0.333. The van der Waals surface area contributed by atoms with Crippen LogP contribution in [0.5, 0.6) is 5.75 Å². The fourth-order valence-corrected chi connectivity index (χ4v) is 2.26. The van der Waals surface area contributed by atoms with Crippen LogP contribution in [0, 0.1) is 0 Å². The van der Waals surface area contributed by atoms with Gasteiger partial charge in [-0.1, -0.05) is 11.8 Å². The molecule has 0 saturated carbocycles. The van der Waals surface area contributed by atoms with Gasteiger partial charge in [-0.2, -0.15) is 0 Å². The molecule has 2 rings (SSSR count). The Hall–Kier alpha value is -1.69. The van der Waals surface area contributed by atoms with Crippen LogP contribution in [0.3, 0.4) is 0 Å². The molecular formula is C12H14N2O3S. The maximum atomic E-state index is 11.4. The first-order valence-corrected chi connectivity index (χ1v) is 6.63. The van der Waals surface area contributed by atoms with Gasteiger partial charge in [0.25, 0.3) is 5.24 Å². The fourth-order valence-electron chi connectivity index (χ4n) is 1.54. The van der Waals surface area contributed by atoms with Crippen molar-refractivity contribution >= 4 is 28.6 Å². The summed E-state index contributed by atoms with van der Waals surface area (Å²) < 4.78 is 5.32. The molecule has 0 spiro atoms. The van der Waals surface area contributed by atoms with E-state index in [0.29, 0.717) is 6.61 Å². The SMILES string of the molecule is CCOc1ccc(NCN2C(=O)CSC2=O)cc1. The number of amides is 2. The molecule has 0 radical (unpaired) electrons. The highest BCUT2D eigenvalue weighted by Crippen LogP contribution is 2.20. The van der Waals surface area contributed by atoms with Crippen LogP contribution >= 0.6 is 11.8 Å². The van der Waals surface area contributed by atoms with Crippen LogP contribution in [0.2, 0.25) is 0 Å². The molecule has 1 fully saturated rings. The number of nitrogens with zero attached hydrogens (tertiary/aromatic N) is 1. The Balaban J connectivity index is 1.90. The first-order chi connectivity index (χ1) is 8.70. The highest BCUT2D eigenvalue weighted by Gasteiger charge is 2.29. The van der Waals surface area contributed by atoms with Crippen LogP contribution in [-0.2, 0) is 4.79 Å². The Morgan fingerprint density at radius 3 is 2.61 bits per heavy atom. The van der Waals surface area contributed by atoms with Gasteiger partial charge in [-0.25, -0.2) is 0 Å². The molecule has 0 atom stereocenters. The lowest BCUT2D eigenvalue weighted by atomic mass is 10.3. The lowest BCUT2D eigenvalue weighted by molar-refractivity contribution is -0.124. The maximum Gasteiger partial charge on any atom is 0.290 e. The second-order valence-electron chi connectivity index (χ2n) is 3.67. The van der Waals surface area contributed by atoms with Gasteiger partial charge in [0.2, 0.25) is 5.91 Å². The highest BCUT2D eigenvalue weighted by molar-refractivity contribution is 8.14. The average molecular weight is 266 g/mol. The van der Waals surface area contributed by atoms with Gasteiger partial charge in [0.1, 0.15) is 5.75 Å². The number of hydrogen-bond acceptors (Lipinski definition) is 5. The smallest absolute Gasteiger partial charge is 0.290 e. The number of carbonyl (C=O) groups is 2. The molecule has 96 valence electrons. The lowest BCUT2D eigenvalue weighted by Crippen LogP contribution is -2.33. The molecule has 1 aliphatic rings. The molecule has 0 aromatic heterocycles. The molecule has 1 N–H and O–H groups in total. The number of hydrogen-bond donors (Lipinski definition) is 1. The normalized spacial score (nSPS) is 15.1. The van der Waals surface area contributed by atoms with E-state index in [-0.39, 0.29) is 23.6 Å². The Bertz CT molecular complexity index is 431. The summed E-state index contributed by atoms with van der Waals surface area (Å²) in [4.78, 5) is 23.9. The number of thioether (sulfide) groups is 1. The van der Waals surface area contributed by atoms with E-state index in [0.717, 1.165) is 23.2 Å². The monoisotopic (exact) mass is 266 g/mol. The number of rotatable bonds is 5. The van der Waals surface area contributed by atoms with E-state index < -0.39 is 0 Å². The van der Waals surface area contributed by atoms with Crippen LogP contribution < -0.4 is 10.1 Å². The van der Waals surface area contributed by atoms with E-state index >= 15 is 0 Å². The van der Waals surface area contributed by atoms with Crippen LogP contribution in [0.1, 0.15) is 6.92 Å². The third kappa shape index (κ3) is 2.95. The van der Waals surface area contributed by atoms with Crippen LogP contribution in [0.25, 0.3) is 0 Å². The summed E-state index contributed by atoms with van der Waals surface area (Å²) in [6, 6.07) is 7.38. The van der Waals surface area contributed by atoms with Gasteiger partial charge in [-0.3, -0.25) is 14.5 Å². The Morgan fingerprint density at radius 1 is 1.33 bits per heavy atom. The molecule has 0 bridgehead atoms. The van der Waals surface area contributed by atoms with Crippen molar-refractivity contribution in [2.45, 2.75) is 6.92 Å². The van der Waals surface area contributed by atoms with Crippen molar-refractivity contribution < 1.29 is 14.3 Å². The van der Waals surface area contributed by atoms with Gasteiger partial charge in [0.05, 0.1) is 19.0 Å². The lowest BCUT2D eigenvalue weighted by Gasteiger charge is -2.14. The van der Waals surface area contributed by atoms with Gasteiger partial charge in [-0.05, 0) is 31.2 Å². The molecule has 5 nitrogen and oxygen atoms in total. The highest BCUT2D eigenvalue weighted by atomic mass is 32.2. The van der Waals surface area contributed by atoms with Crippen molar-refractivity contribution in [2.24, 2.45) is 0 Å². The summed E-state index contributed by atoms with van der Waals surface area (Å²) in [6.07, 6.45) is 0. The predicted octanol–water partition coefficient (Wildman–Crippen LogP) is 2.15. The van der Waals surface area contributed by atoms with Crippen molar-refractivity contribution in [1.29, 1.82) is 0 Å². The third-order valence-corrected chi connectivity index (χ3v) is 3.31. The third-order valence-electron chi connectivity index (χ3n) is 2.45. The Kier molecular flexibility index (Phi) is 4.09.